The lowest BCUT2D eigenvalue weighted by atomic mass is 10.2. The van der Waals surface area contributed by atoms with Crippen molar-refractivity contribution in [3.63, 3.8) is 0 Å². The van der Waals surface area contributed by atoms with E-state index in [9.17, 15) is 4.79 Å². The van der Waals surface area contributed by atoms with Crippen LogP contribution in [0.3, 0.4) is 0 Å². The van der Waals surface area contributed by atoms with E-state index in [-0.39, 0.29) is 11.4 Å². The monoisotopic (exact) mass is 263 g/mol. The van der Waals surface area contributed by atoms with Crippen LogP contribution in [0.4, 0.5) is 0 Å². The molecular formula is C13H10ClNO3. The molecule has 0 aliphatic carbocycles. The zero-order valence-corrected chi connectivity index (χ0v) is 10.3. The summed E-state index contributed by atoms with van der Waals surface area (Å²) in [5.41, 5.74) is 0.983. The minimum Gasteiger partial charge on any atom is -0.478 e. The van der Waals surface area contributed by atoms with Crippen molar-refractivity contribution in [2.45, 2.75) is 6.92 Å². The summed E-state index contributed by atoms with van der Waals surface area (Å²) in [7, 11) is 0. The van der Waals surface area contributed by atoms with E-state index >= 15 is 0 Å². The number of carboxylic acids is 1. The Morgan fingerprint density at radius 1 is 1.33 bits per heavy atom. The summed E-state index contributed by atoms with van der Waals surface area (Å²) >= 11 is 5.84. The molecule has 0 atom stereocenters. The Morgan fingerprint density at radius 2 is 2.11 bits per heavy atom. The molecule has 0 radical (unpaired) electrons. The first-order chi connectivity index (χ1) is 8.56. The fourth-order valence-electron chi connectivity index (χ4n) is 1.44. The molecule has 18 heavy (non-hydrogen) atoms. The van der Waals surface area contributed by atoms with Gasteiger partial charge in [-0.15, -0.1) is 0 Å². The Balaban J connectivity index is 2.28. The van der Waals surface area contributed by atoms with Crippen molar-refractivity contribution in [3.8, 4) is 11.6 Å². The van der Waals surface area contributed by atoms with Crippen molar-refractivity contribution < 1.29 is 14.6 Å². The first kappa shape index (κ1) is 12.4. The van der Waals surface area contributed by atoms with E-state index in [0.717, 1.165) is 5.56 Å². The van der Waals surface area contributed by atoms with Crippen molar-refractivity contribution in [2.24, 2.45) is 0 Å². The Kier molecular flexibility index (Phi) is 3.48. The molecule has 0 spiro atoms. The first-order valence-electron chi connectivity index (χ1n) is 5.19. The molecule has 4 nitrogen and oxygen atoms in total. The number of aromatic carboxylic acids is 1. The summed E-state index contributed by atoms with van der Waals surface area (Å²) in [5, 5.41) is 9.48. The third-order valence-corrected chi connectivity index (χ3v) is 2.57. The van der Waals surface area contributed by atoms with Gasteiger partial charge in [0.25, 0.3) is 0 Å². The summed E-state index contributed by atoms with van der Waals surface area (Å²) in [6.45, 7) is 1.85. The number of benzene rings is 1. The minimum absolute atomic E-state index is 0.131. The van der Waals surface area contributed by atoms with Crippen LogP contribution >= 0.6 is 11.6 Å². The van der Waals surface area contributed by atoms with Crippen LogP contribution in [0.2, 0.25) is 5.02 Å². The molecule has 0 aliphatic heterocycles. The maximum Gasteiger partial charge on any atom is 0.335 e. The van der Waals surface area contributed by atoms with Gasteiger partial charge in [-0.05, 0) is 36.8 Å². The van der Waals surface area contributed by atoms with Crippen molar-refractivity contribution in [3.05, 3.63) is 52.7 Å². The van der Waals surface area contributed by atoms with Crippen LogP contribution in [0.15, 0.2) is 36.5 Å². The SMILES string of the molecule is Cc1cc(Cl)ccc1Oc1cc(C(=O)O)ccn1. The van der Waals surface area contributed by atoms with Gasteiger partial charge in [0.15, 0.2) is 0 Å². The molecule has 1 aromatic carbocycles. The Hall–Kier alpha value is -2.07. The Bertz CT molecular complexity index is 599. The van der Waals surface area contributed by atoms with E-state index in [0.29, 0.717) is 10.8 Å². The van der Waals surface area contributed by atoms with Crippen LogP contribution < -0.4 is 4.74 Å². The summed E-state index contributed by atoms with van der Waals surface area (Å²) < 4.78 is 5.52. The highest BCUT2D eigenvalue weighted by Gasteiger charge is 2.07. The average molecular weight is 264 g/mol. The van der Waals surface area contributed by atoms with E-state index in [4.69, 9.17) is 21.4 Å². The van der Waals surface area contributed by atoms with Gasteiger partial charge in [0, 0.05) is 17.3 Å². The van der Waals surface area contributed by atoms with E-state index in [1.807, 2.05) is 6.92 Å². The fourth-order valence-corrected chi connectivity index (χ4v) is 1.66. The number of carboxylic acid groups (broad SMARTS) is 1. The summed E-state index contributed by atoms with van der Waals surface area (Å²) in [4.78, 5) is 14.8. The molecular weight excluding hydrogens is 254 g/mol. The standard InChI is InChI=1S/C13H10ClNO3/c1-8-6-10(14)2-3-11(8)18-12-7-9(13(16)17)4-5-15-12/h2-7H,1H3,(H,16,17). The lowest BCUT2D eigenvalue weighted by molar-refractivity contribution is 0.0696. The molecule has 2 rings (SSSR count). The third kappa shape index (κ3) is 2.78. The number of pyridine rings is 1. The molecule has 1 heterocycles. The molecule has 0 amide bonds. The van der Waals surface area contributed by atoms with Crippen LogP contribution in [-0.4, -0.2) is 16.1 Å². The van der Waals surface area contributed by atoms with Crippen LogP contribution in [0.5, 0.6) is 11.6 Å². The molecule has 0 unspecified atom stereocenters. The predicted octanol–water partition coefficient (Wildman–Crippen LogP) is 3.53. The number of aryl methyl sites for hydroxylation is 1. The van der Waals surface area contributed by atoms with Gasteiger partial charge in [-0.2, -0.15) is 0 Å². The molecule has 0 aliphatic rings. The molecule has 5 heteroatoms. The van der Waals surface area contributed by atoms with Crippen LogP contribution in [0.1, 0.15) is 15.9 Å². The fraction of sp³-hybridized carbons (Fsp3) is 0.0769. The normalized spacial score (nSPS) is 10.1. The third-order valence-electron chi connectivity index (χ3n) is 2.33. The number of rotatable bonds is 3. The van der Waals surface area contributed by atoms with E-state index in [1.165, 1.54) is 18.3 Å². The Morgan fingerprint density at radius 3 is 2.78 bits per heavy atom. The van der Waals surface area contributed by atoms with Gasteiger partial charge in [0.1, 0.15) is 5.75 Å². The number of hydrogen-bond acceptors (Lipinski definition) is 3. The molecule has 0 bridgehead atoms. The lowest BCUT2D eigenvalue weighted by Crippen LogP contribution is -1.98. The van der Waals surface area contributed by atoms with Gasteiger partial charge in [0.2, 0.25) is 5.88 Å². The van der Waals surface area contributed by atoms with Gasteiger partial charge in [-0.3, -0.25) is 0 Å². The molecule has 0 fully saturated rings. The lowest BCUT2D eigenvalue weighted by Gasteiger charge is -2.08. The van der Waals surface area contributed by atoms with Crippen LogP contribution in [0, 0.1) is 6.92 Å². The summed E-state index contributed by atoms with van der Waals surface area (Å²) in [6.07, 6.45) is 1.39. The topological polar surface area (TPSA) is 59.4 Å². The van der Waals surface area contributed by atoms with Gasteiger partial charge < -0.3 is 9.84 Å². The largest absolute Gasteiger partial charge is 0.478 e. The molecule has 92 valence electrons. The minimum atomic E-state index is -1.02. The van der Waals surface area contributed by atoms with Gasteiger partial charge in [-0.25, -0.2) is 9.78 Å². The van der Waals surface area contributed by atoms with E-state index < -0.39 is 5.97 Å². The summed E-state index contributed by atoms with van der Waals surface area (Å²) in [6, 6.07) is 7.95. The van der Waals surface area contributed by atoms with Gasteiger partial charge in [-0.1, -0.05) is 11.6 Å². The van der Waals surface area contributed by atoms with E-state index in [2.05, 4.69) is 4.98 Å². The number of halogens is 1. The summed E-state index contributed by atoms with van der Waals surface area (Å²) in [5.74, 6) is -0.190. The highest BCUT2D eigenvalue weighted by atomic mass is 35.5. The van der Waals surface area contributed by atoms with Crippen molar-refractivity contribution >= 4 is 17.6 Å². The molecule has 1 N–H and O–H groups in total. The Labute approximate surface area is 109 Å². The number of hydrogen-bond donors (Lipinski definition) is 1. The number of aromatic nitrogens is 1. The average Bonchev–Trinajstić information content (AvgIpc) is 2.33. The second kappa shape index (κ2) is 5.06. The van der Waals surface area contributed by atoms with Gasteiger partial charge >= 0.3 is 5.97 Å². The molecule has 0 saturated carbocycles. The number of nitrogens with zero attached hydrogens (tertiary/aromatic N) is 1. The van der Waals surface area contributed by atoms with Crippen LogP contribution in [-0.2, 0) is 0 Å². The number of carbonyl (C=O) groups is 1. The molecule has 1 aromatic heterocycles. The highest BCUT2D eigenvalue weighted by Crippen LogP contribution is 2.26. The highest BCUT2D eigenvalue weighted by molar-refractivity contribution is 6.30. The van der Waals surface area contributed by atoms with Crippen molar-refractivity contribution in [1.29, 1.82) is 0 Å². The van der Waals surface area contributed by atoms with Crippen LogP contribution in [0.25, 0.3) is 0 Å². The molecule has 2 aromatic rings. The predicted molar refractivity (Wildman–Crippen MR) is 67.5 cm³/mol. The molecule has 0 saturated heterocycles. The van der Waals surface area contributed by atoms with E-state index in [1.54, 1.807) is 18.2 Å². The maximum absolute atomic E-state index is 10.8. The smallest absolute Gasteiger partial charge is 0.335 e. The maximum atomic E-state index is 10.8. The number of ether oxygens (including phenoxy) is 1. The zero-order chi connectivity index (χ0) is 13.1. The first-order valence-corrected chi connectivity index (χ1v) is 5.57. The quantitative estimate of drug-likeness (QED) is 0.920. The second-order valence-electron chi connectivity index (χ2n) is 3.70. The van der Waals surface area contributed by atoms with Crippen molar-refractivity contribution in [2.75, 3.05) is 0 Å². The second-order valence-corrected chi connectivity index (χ2v) is 4.14. The zero-order valence-electron chi connectivity index (χ0n) is 9.55. The van der Waals surface area contributed by atoms with Gasteiger partial charge in [0.05, 0.1) is 5.56 Å². The van der Waals surface area contributed by atoms with Crippen molar-refractivity contribution in [1.82, 2.24) is 4.98 Å².